The number of aromatic amines is 2. The Hall–Kier alpha value is -5.06. The molecule has 0 unspecified atom stereocenters. The number of benzene rings is 3. The van der Waals surface area contributed by atoms with Gasteiger partial charge in [0.25, 0.3) is 0 Å². The van der Waals surface area contributed by atoms with Gasteiger partial charge in [-0.05, 0) is 60.9 Å². The molecular formula is C31H26F3N5O3. The lowest BCUT2D eigenvalue weighted by atomic mass is 10.1. The lowest BCUT2D eigenvalue weighted by Crippen LogP contribution is -2.32. The summed E-state index contributed by atoms with van der Waals surface area (Å²) in [6.45, 7) is 0.495. The average Bonchev–Trinajstić information content (AvgIpc) is 3.76. The molecule has 1 saturated heterocycles. The Bertz CT molecular complexity index is 1670. The first-order valence-electron chi connectivity index (χ1n) is 13.4. The molecule has 1 aliphatic heterocycles. The zero-order valence-corrected chi connectivity index (χ0v) is 22.3. The van der Waals surface area contributed by atoms with Gasteiger partial charge in [-0.3, -0.25) is 4.79 Å². The molecule has 214 valence electrons. The van der Waals surface area contributed by atoms with Crippen LogP contribution >= 0.6 is 0 Å². The van der Waals surface area contributed by atoms with Crippen molar-refractivity contribution in [3.8, 4) is 39.8 Å². The van der Waals surface area contributed by atoms with Crippen LogP contribution in [0.4, 0.5) is 13.2 Å². The molecule has 2 N–H and O–H groups in total. The number of aromatic nitrogens is 4. The van der Waals surface area contributed by atoms with Crippen LogP contribution in [0.1, 0.15) is 30.3 Å². The van der Waals surface area contributed by atoms with Crippen LogP contribution < -0.4 is 9.47 Å². The molecule has 42 heavy (non-hydrogen) atoms. The van der Waals surface area contributed by atoms with Gasteiger partial charge in [-0.2, -0.15) is 0 Å². The van der Waals surface area contributed by atoms with Gasteiger partial charge in [0, 0.05) is 17.7 Å². The zero-order chi connectivity index (χ0) is 29.1. The van der Waals surface area contributed by atoms with Gasteiger partial charge in [-0.25, -0.2) is 9.97 Å². The lowest BCUT2D eigenvalue weighted by molar-refractivity contribution is -0.274. The monoisotopic (exact) mass is 573 g/mol. The van der Waals surface area contributed by atoms with Crippen LogP contribution in [0.15, 0.2) is 91.5 Å². The second kappa shape index (κ2) is 11.4. The van der Waals surface area contributed by atoms with E-state index in [9.17, 15) is 18.0 Å². The third kappa shape index (κ3) is 6.14. The van der Waals surface area contributed by atoms with E-state index in [-0.39, 0.29) is 29.7 Å². The molecule has 0 saturated carbocycles. The molecule has 1 fully saturated rings. The van der Waals surface area contributed by atoms with Gasteiger partial charge in [-0.15, -0.1) is 13.2 Å². The molecular weight excluding hydrogens is 547 g/mol. The number of carbonyl (C=O) groups is 1. The number of imidazole rings is 2. The molecule has 0 bridgehead atoms. The summed E-state index contributed by atoms with van der Waals surface area (Å²) in [6.07, 6.45) is 1.51. The fourth-order valence-corrected chi connectivity index (χ4v) is 5.12. The van der Waals surface area contributed by atoms with E-state index in [1.165, 1.54) is 18.2 Å². The Morgan fingerprint density at radius 3 is 2.57 bits per heavy atom. The van der Waals surface area contributed by atoms with Crippen molar-refractivity contribution in [2.24, 2.45) is 0 Å². The van der Waals surface area contributed by atoms with Crippen molar-refractivity contribution >= 4 is 5.91 Å². The Morgan fingerprint density at radius 2 is 1.79 bits per heavy atom. The van der Waals surface area contributed by atoms with Gasteiger partial charge in [-0.1, -0.05) is 30.3 Å². The fraction of sp³-hybridized carbons (Fsp3) is 0.194. The van der Waals surface area contributed by atoms with E-state index in [0.717, 1.165) is 28.9 Å². The predicted octanol–water partition coefficient (Wildman–Crippen LogP) is 7.06. The summed E-state index contributed by atoms with van der Waals surface area (Å²) < 4.78 is 48.6. The van der Waals surface area contributed by atoms with Crippen molar-refractivity contribution in [1.29, 1.82) is 0 Å². The summed E-state index contributed by atoms with van der Waals surface area (Å²) in [4.78, 5) is 29.9. The van der Waals surface area contributed by atoms with Gasteiger partial charge in [0.1, 0.15) is 23.1 Å². The summed E-state index contributed by atoms with van der Waals surface area (Å²) in [5, 5.41) is 0. The number of H-pyrrole nitrogens is 2. The highest BCUT2D eigenvalue weighted by Crippen LogP contribution is 2.34. The van der Waals surface area contributed by atoms with Crippen LogP contribution in [0.3, 0.4) is 0 Å². The normalized spacial score (nSPS) is 15.1. The zero-order valence-electron chi connectivity index (χ0n) is 22.3. The molecule has 11 heteroatoms. The minimum absolute atomic E-state index is 0.181. The Labute approximate surface area is 239 Å². The van der Waals surface area contributed by atoms with E-state index in [2.05, 4.69) is 24.7 Å². The molecule has 8 nitrogen and oxygen atoms in total. The first-order valence-corrected chi connectivity index (χ1v) is 13.4. The van der Waals surface area contributed by atoms with Gasteiger partial charge in [0.05, 0.1) is 42.6 Å². The number of carbonyl (C=O) groups excluding carboxylic acids is 1. The number of amides is 1. The molecule has 0 radical (unpaired) electrons. The van der Waals surface area contributed by atoms with E-state index in [0.29, 0.717) is 30.3 Å². The number of ether oxygens (including phenoxy) is 2. The van der Waals surface area contributed by atoms with Crippen LogP contribution in [0.2, 0.25) is 0 Å². The smallest absolute Gasteiger partial charge is 0.457 e. The molecule has 1 aliphatic rings. The van der Waals surface area contributed by atoms with E-state index >= 15 is 0 Å². The second-order valence-electron chi connectivity index (χ2n) is 9.88. The number of nitrogens with one attached hydrogen (secondary N) is 2. The number of hydrogen-bond donors (Lipinski definition) is 2. The van der Waals surface area contributed by atoms with Crippen LogP contribution in [0.25, 0.3) is 22.5 Å². The first kappa shape index (κ1) is 27.1. The number of halogens is 3. The SMILES string of the molecule is O=C(Cc1ccccc1OC(F)(F)F)N1CCC[C@H]1c1ncc(-c2ccc(Oc3cccc(-c4cnc[nH]4)c3)cc2)[nH]1. The molecule has 5 aromatic rings. The van der Waals surface area contributed by atoms with E-state index in [1.807, 2.05) is 48.5 Å². The Balaban J connectivity index is 1.12. The van der Waals surface area contributed by atoms with Crippen molar-refractivity contribution in [3.63, 3.8) is 0 Å². The third-order valence-electron chi connectivity index (χ3n) is 7.07. The van der Waals surface area contributed by atoms with Crippen LogP contribution in [-0.2, 0) is 11.2 Å². The van der Waals surface area contributed by atoms with Gasteiger partial charge < -0.3 is 24.3 Å². The molecule has 3 heterocycles. The van der Waals surface area contributed by atoms with E-state index in [4.69, 9.17) is 4.74 Å². The Kier molecular flexibility index (Phi) is 7.39. The van der Waals surface area contributed by atoms with Crippen LogP contribution in [0, 0.1) is 0 Å². The van der Waals surface area contributed by atoms with Crippen molar-refractivity contribution in [2.45, 2.75) is 31.7 Å². The molecule has 2 aromatic heterocycles. The highest BCUT2D eigenvalue weighted by Gasteiger charge is 2.34. The maximum atomic E-state index is 13.2. The maximum absolute atomic E-state index is 13.2. The van der Waals surface area contributed by atoms with Crippen molar-refractivity contribution < 1.29 is 27.4 Å². The number of rotatable bonds is 8. The molecule has 6 rings (SSSR count). The van der Waals surface area contributed by atoms with Crippen LogP contribution in [0.5, 0.6) is 17.2 Å². The summed E-state index contributed by atoms with van der Waals surface area (Å²) in [5.41, 5.74) is 3.71. The molecule has 1 amide bonds. The maximum Gasteiger partial charge on any atom is 0.573 e. The number of alkyl halides is 3. The summed E-state index contributed by atoms with van der Waals surface area (Å²) in [5.74, 6) is 1.34. The average molecular weight is 574 g/mol. The molecule has 1 atom stereocenters. The quantitative estimate of drug-likeness (QED) is 0.207. The van der Waals surface area contributed by atoms with Gasteiger partial charge in [0.15, 0.2) is 0 Å². The summed E-state index contributed by atoms with van der Waals surface area (Å²) >= 11 is 0. The number of para-hydroxylation sites is 1. The largest absolute Gasteiger partial charge is 0.573 e. The fourth-order valence-electron chi connectivity index (χ4n) is 5.12. The first-order chi connectivity index (χ1) is 20.3. The topological polar surface area (TPSA) is 96.1 Å². The van der Waals surface area contributed by atoms with Crippen LogP contribution in [-0.4, -0.2) is 43.7 Å². The Morgan fingerprint density at radius 1 is 0.952 bits per heavy atom. The minimum atomic E-state index is -4.84. The molecule has 3 aromatic carbocycles. The predicted molar refractivity (Wildman–Crippen MR) is 149 cm³/mol. The number of nitrogens with zero attached hydrogens (tertiary/aromatic N) is 3. The standard InChI is InChI=1S/C31H26F3N5O3/c32-31(33,34)42-28-9-2-1-5-22(28)16-29(40)39-14-4-8-27(39)30-36-18-26(38-30)20-10-12-23(13-11-20)41-24-7-3-6-21(15-24)25-17-35-19-37-25/h1-3,5-7,9-13,15,17-19,27H,4,8,14,16H2,(H,35,37)(H,36,38)/t27-/m0/s1. The lowest BCUT2D eigenvalue weighted by Gasteiger charge is -2.24. The number of likely N-dealkylation sites (tertiary alicyclic amines) is 1. The highest BCUT2D eigenvalue weighted by atomic mass is 19.4. The number of hydrogen-bond acceptors (Lipinski definition) is 5. The third-order valence-corrected chi connectivity index (χ3v) is 7.07. The van der Waals surface area contributed by atoms with E-state index < -0.39 is 6.36 Å². The summed E-state index contributed by atoms with van der Waals surface area (Å²) in [7, 11) is 0. The van der Waals surface area contributed by atoms with Gasteiger partial charge >= 0.3 is 6.36 Å². The summed E-state index contributed by atoms with van der Waals surface area (Å²) in [6, 6.07) is 20.7. The van der Waals surface area contributed by atoms with Crippen molar-refractivity contribution in [1.82, 2.24) is 24.8 Å². The van der Waals surface area contributed by atoms with Gasteiger partial charge in [0.2, 0.25) is 5.91 Å². The van der Waals surface area contributed by atoms with Crippen molar-refractivity contribution in [2.75, 3.05) is 6.54 Å². The van der Waals surface area contributed by atoms with Crippen molar-refractivity contribution in [3.05, 3.63) is 103 Å². The molecule has 0 aliphatic carbocycles. The minimum Gasteiger partial charge on any atom is -0.457 e. The highest BCUT2D eigenvalue weighted by molar-refractivity contribution is 5.80. The molecule has 0 spiro atoms. The second-order valence-corrected chi connectivity index (χ2v) is 9.88. The van der Waals surface area contributed by atoms with E-state index in [1.54, 1.807) is 29.7 Å².